The Morgan fingerprint density at radius 3 is 2.44 bits per heavy atom. The average Bonchev–Trinajstić information content (AvgIpc) is 2.26. The van der Waals surface area contributed by atoms with Crippen molar-refractivity contribution < 1.29 is 9.90 Å². The van der Waals surface area contributed by atoms with Gasteiger partial charge in [0.05, 0.1) is 6.61 Å². The minimum absolute atomic E-state index is 0.173. The molecule has 3 heteroatoms. The quantitative estimate of drug-likeness (QED) is 0.768. The predicted molar refractivity (Wildman–Crippen MR) is 63.9 cm³/mol. The number of aldehydes is 1. The minimum atomic E-state index is 0.173. The van der Waals surface area contributed by atoms with E-state index in [4.69, 9.17) is 5.11 Å². The van der Waals surface area contributed by atoms with E-state index in [1.54, 1.807) is 0 Å². The van der Waals surface area contributed by atoms with Crippen molar-refractivity contribution in [2.24, 2.45) is 0 Å². The van der Waals surface area contributed by atoms with Crippen molar-refractivity contribution in [3.8, 4) is 0 Å². The number of benzene rings is 1. The Kier molecular flexibility index (Phi) is 3.57. The molecule has 0 bridgehead atoms. The molecule has 1 saturated carbocycles. The van der Waals surface area contributed by atoms with Gasteiger partial charge >= 0.3 is 0 Å². The fourth-order valence-electron chi connectivity index (χ4n) is 2.07. The molecule has 16 heavy (non-hydrogen) atoms. The number of aliphatic hydroxyl groups excluding tert-OH is 1. The van der Waals surface area contributed by atoms with Crippen molar-refractivity contribution in [2.75, 3.05) is 18.1 Å². The van der Waals surface area contributed by atoms with Gasteiger partial charge in [-0.25, -0.2) is 0 Å². The lowest BCUT2D eigenvalue weighted by Crippen LogP contribution is -2.41. The molecule has 0 amide bonds. The lowest BCUT2D eigenvalue weighted by Gasteiger charge is -2.39. The molecule has 0 aliphatic heterocycles. The summed E-state index contributed by atoms with van der Waals surface area (Å²) in [5, 5.41) is 9.07. The Morgan fingerprint density at radius 2 is 2.00 bits per heavy atom. The van der Waals surface area contributed by atoms with Crippen LogP contribution in [-0.2, 0) is 0 Å². The molecule has 0 unspecified atom stereocenters. The Labute approximate surface area is 95.7 Å². The maximum Gasteiger partial charge on any atom is 0.150 e. The topological polar surface area (TPSA) is 40.5 Å². The second kappa shape index (κ2) is 5.12. The van der Waals surface area contributed by atoms with Crippen LogP contribution >= 0.6 is 0 Å². The van der Waals surface area contributed by atoms with E-state index in [-0.39, 0.29) is 6.61 Å². The number of rotatable bonds is 5. The zero-order valence-corrected chi connectivity index (χ0v) is 9.30. The first-order chi connectivity index (χ1) is 7.85. The number of carbonyl (C=O) groups is 1. The molecule has 0 spiro atoms. The largest absolute Gasteiger partial charge is 0.395 e. The summed E-state index contributed by atoms with van der Waals surface area (Å²) in [5.74, 6) is 0. The maximum atomic E-state index is 10.6. The van der Waals surface area contributed by atoms with E-state index < -0.39 is 0 Å². The first-order valence-electron chi connectivity index (χ1n) is 5.78. The lowest BCUT2D eigenvalue weighted by atomic mass is 9.91. The summed E-state index contributed by atoms with van der Waals surface area (Å²) in [6, 6.07) is 8.13. The van der Waals surface area contributed by atoms with E-state index in [0.717, 1.165) is 12.0 Å². The summed E-state index contributed by atoms with van der Waals surface area (Å²) in [4.78, 5) is 12.8. The van der Waals surface area contributed by atoms with Crippen LogP contribution in [-0.4, -0.2) is 30.6 Å². The number of aliphatic hydroxyl groups is 1. The van der Waals surface area contributed by atoms with Gasteiger partial charge in [0.25, 0.3) is 0 Å². The molecule has 1 aromatic rings. The molecular formula is C13H17NO2. The summed E-state index contributed by atoms with van der Waals surface area (Å²) in [6.45, 7) is 0.844. The number of nitrogens with zero attached hydrogens (tertiary/aromatic N) is 1. The fourth-order valence-corrected chi connectivity index (χ4v) is 2.07. The second-order valence-electron chi connectivity index (χ2n) is 4.21. The smallest absolute Gasteiger partial charge is 0.150 e. The number of anilines is 1. The molecule has 1 fully saturated rings. The third-order valence-corrected chi connectivity index (χ3v) is 3.22. The van der Waals surface area contributed by atoms with Gasteiger partial charge < -0.3 is 10.0 Å². The number of carbonyl (C=O) groups excluding carboxylic acids is 1. The third kappa shape index (κ3) is 2.25. The van der Waals surface area contributed by atoms with Crippen molar-refractivity contribution in [1.29, 1.82) is 0 Å². The number of hydrogen-bond acceptors (Lipinski definition) is 3. The van der Waals surface area contributed by atoms with Gasteiger partial charge in [-0.3, -0.25) is 4.79 Å². The van der Waals surface area contributed by atoms with Crippen LogP contribution in [0.5, 0.6) is 0 Å². The standard InChI is InChI=1S/C13H17NO2/c15-9-8-14(12-2-1-3-12)13-6-4-11(10-16)5-7-13/h4-7,10,12,15H,1-3,8-9H2. The Bertz CT molecular complexity index is 343. The molecule has 0 radical (unpaired) electrons. The SMILES string of the molecule is O=Cc1ccc(N(CCO)C2CCC2)cc1. The van der Waals surface area contributed by atoms with E-state index in [0.29, 0.717) is 18.2 Å². The second-order valence-corrected chi connectivity index (χ2v) is 4.21. The van der Waals surface area contributed by atoms with Gasteiger partial charge in [0.15, 0.2) is 0 Å². The predicted octanol–water partition coefficient (Wildman–Crippen LogP) is 1.85. The van der Waals surface area contributed by atoms with E-state index in [1.165, 1.54) is 19.3 Å². The van der Waals surface area contributed by atoms with Gasteiger partial charge in [-0.1, -0.05) is 0 Å². The minimum Gasteiger partial charge on any atom is -0.395 e. The van der Waals surface area contributed by atoms with Gasteiger partial charge in [0.2, 0.25) is 0 Å². The van der Waals surface area contributed by atoms with Gasteiger partial charge in [-0.2, -0.15) is 0 Å². The van der Waals surface area contributed by atoms with Gasteiger partial charge in [0, 0.05) is 23.8 Å². The molecule has 2 rings (SSSR count). The zero-order chi connectivity index (χ0) is 11.4. The van der Waals surface area contributed by atoms with Crippen molar-refractivity contribution in [1.82, 2.24) is 0 Å². The first-order valence-corrected chi connectivity index (χ1v) is 5.78. The summed E-state index contributed by atoms with van der Waals surface area (Å²) in [7, 11) is 0. The van der Waals surface area contributed by atoms with Crippen molar-refractivity contribution in [3.05, 3.63) is 29.8 Å². The highest BCUT2D eigenvalue weighted by Crippen LogP contribution is 2.29. The summed E-state index contributed by atoms with van der Waals surface area (Å²) in [6.07, 6.45) is 4.54. The van der Waals surface area contributed by atoms with Gasteiger partial charge in [0.1, 0.15) is 6.29 Å². The van der Waals surface area contributed by atoms with Crippen molar-refractivity contribution >= 4 is 12.0 Å². The lowest BCUT2D eigenvalue weighted by molar-refractivity contribution is 0.112. The normalized spacial score (nSPS) is 15.6. The van der Waals surface area contributed by atoms with Gasteiger partial charge in [-0.05, 0) is 43.5 Å². The summed E-state index contributed by atoms with van der Waals surface area (Å²) >= 11 is 0. The zero-order valence-electron chi connectivity index (χ0n) is 9.30. The Balaban J connectivity index is 2.13. The highest BCUT2D eigenvalue weighted by Gasteiger charge is 2.24. The first kappa shape index (κ1) is 11.1. The monoisotopic (exact) mass is 219 g/mol. The molecule has 0 heterocycles. The van der Waals surface area contributed by atoms with Crippen LogP contribution in [0.15, 0.2) is 24.3 Å². The third-order valence-electron chi connectivity index (χ3n) is 3.22. The van der Waals surface area contributed by atoms with E-state index >= 15 is 0 Å². The van der Waals surface area contributed by atoms with Crippen LogP contribution in [0.3, 0.4) is 0 Å². The molecule has 0 saturated heterocycles. The van der Waals surface area contributed by atoms with Crippen molar-refractivity contribution in [3.63, 3.8) is 0 Å². The Hall–Kier alpha value is -1.35. The highest BCUT2D eigenvalue weighted by molar-refractivity contribution is 5.75. The molecule has 3 nitrogen and oxygen atoms in total. The highest BCUT2D eigenvalue weighted by atomic mass is 16.3. The molecule has 1 N–H and O–H groups in total. The molecular weight excluding hydrogens is 202 g/mol. The average molecular weight is 219 g/mol. The van der Waals surface area contributed by atoms with Crippen LogP contribution in [0.1, 0.15) is 29.6 Å². The fraction of sp³-hybridized carbons (Fsp3) is 0.462. The van der Waals surface area contributed by atoms with Crippen LogP contribution in [0.25, 0.3) is 0 Å². The molecule has 1 aromatic carbocycles. The van der Waals surface area contributed by atoms with E-state index in [1.807, 2.05) is 24.3 Å². The van der Waals surface area contributed by atoms with Crippen LogP contribution < -0.4 is 4.90 Å². The van der Waals surface area contributed by atoms with Crippen LogP contribution in [0.2, 0.25) is 0 Å². The van der Waals surface area contributed by atoms with E-state index in [2.05, 4.69) is 4.90 Å². The molecule has 1 aliphatic carbocycles. The van der Waals surface area contributed by atoms with Gasteiger partial charge in [-0.15, -0.1) is 0 Å². The Morgan fingerprint density at radius 1 is 1.31 bits per heavy atom. The van der Waals surface area contributed by atoms with Crippen LogP contribution in [0, 0.1) is 0 Å². The van der Waals surface area contributed by atoms with Crippen molar-refractivity contribution in [2.45, 2.75) is 25.3 Å². The van der Waals surface area contributed by atoms with E-state index in [9.17, 15) is 4.79 Å². The molecule has 86 valence electrons. The number of hydrogen-bond donors (Lipinski definition) is 1. The summed E-state index contributed by atoms with van der Waals surface area (Å²) in [5.41, 5.74) is 1.80. The maximum absolute atomic E-state index is 10.6. The van der Waals surface area contributed by atoms with Crippen LogP contribution in [0.4, 0.5) is 5.69 Å². The molecule has 1 aliphatic rings. The molecule has 0 aromatic heterocycles. The molecule has 0 atom stereocenters. The summed E-state index contributed by atoms with van der Waals surface area (Å²) < 4.78 is 0.